The first-order valence-corrected chi connectivity index (χ1v) is 9.11. The number of nitrogens with zero attached hydrogens (tertiary/aromatic N) is 1. The van der Waals surface area contributed by atoms with Gasteiger partial charge in [0.1, 0.15) is 0 Å². The molecule has 0 aliphatic heterocycles. The molecule has 1 atom stereocenters. The summed E-state index contributed by atoms with van der Waals surface area (Å²) in [6.45, 7) is 15.5. The maximum Gasteiger partial charge on any atom is 0.00668 e. The molecule has 0 fully saturated rings. The van der Waals surface area contributed by atoms with Crippen LogP contribution in [0.3, 0.4) is 0 Å². The fraction of sp³-hybridized carbons (Fsp3) is 0.619. The standard InChI is InChI=1S/C13H29N.C8H8/c1-5-8-11-14(12-9-6-2)13(4)10-7-3;1-2-8-6-4-3-5-7-8/h13H,5-12H2,1-4H3;2-7H,1H2. The molecule has 1 unspecified atom stereocenters. The third-order valence-electron chi connectivity index (χ3n) is 3.96. The molecular formula is C21H37N. The highest BCUT2D eigenvalue weighted by Gasteiger charge is 2.11. The van der Waals surface area contributed by atoms with E-state index in [1.165, 1.54) is 57.2 Å². The van der Waals surface area contributed by atoms with Crippen molar-refractivity contribution in [1.82, 2.24) is 4.90 Å². The zero-order valence-corrected chi connectivity index (χ0v) is 15.4. The Labute approximate surface area is 139 Å². The maximum atomic E-state index is 3.63. The van der Waals surface area contributed by atoms with Gasteiger partial charge in [0.25, 0.3) is 0 Å². The van der Waals surface area contributed by atoms with Gasteiger partial charge >= 0.3 is 0 Å². The Morgan fingerprint density at radius 1 is 0.955 bits per heavy atom. The predicted octanol–water partition coefficient (Wildman–Crippen LogP) is 6.41. The van der Waals surface area contributed by atoms with Crippen molar-refractivity contribution >= 4 is 6.08 Å². The lowest BCUT2D eigenvalue weighted by atomic mass is 10.1. The molecule has 0 heterocycles. The summed E-state index contributed by atoms with van der Waals surface area (Å²) >= 11 is 0. The Morgan fingerprint density at radius 2 is 1.50 bits per heavy atom. The van der Waals surface area contributed by atoms with Crippen LogP contribution < -0.4 is 0 Å². The van der Waals surface area contributed by atoms with Gasteiger partial charge in [0.2, 0.25) is 0 Å². The van der Waals surface area contributed by atoms with Gasteiger partial charge in [-0.05, 0) is 44.8 Å². The van der Waals surface area contributed by atoms with Crippen molar-refractivity contribution in [2.75, 3.05) is 13.1 Å². The van der Waals surface area contributed by atoms with Gasteiger partial charge in [-0.3, -0.25) is 0 Å². The van der Waals surface area contributed by atoms with Crippen molar-refractivity contribution in [3.05, 3.63) is 42.5 Å². The normalized spacial score (nSPS) is 11.7. The van der Waals surface area contributed by atoms with Gasteiger partial charge in [0.05, 0.1) is 0 Å². The molecule has 1 aromatic carbocycles. The Bertz CT molecular complexity index is 336. The van der Waals surface area contributed by atoms with E-state index in [0.29, 0.717) is 0 Å². The molecule has 0 amide bonds. The van der Waals surface area contributed by atoms with Crippen LogP contribution in [0.15, 0.2) is 36.9 Å². The summed E-state index contributed by atoms with van der Waals surface area (Å²) in [5.74, 6) is 0. The van der Waals surface area contributed by atoms with Crippen LogP contribution in [0.5, 0.6) is 0 Å². The van der Waals surface area contributed by atoms with Crippen LogP contribution in [-0.4, -0.2) is 24.0 Å². The lowest BCUT2D eigenvalue weighted by Crippen LogP contribution is -2.34. The predicted molar refractivity (Wildman–Crippen MR) is 102 cm³/mol. The SMILES string of the molecule is C=Cc1ccccc1.CCCCN(CCCC)C(C)CCC. The number of hydrogen-bond donors (Lipinski definition) is 0. The second kappa shape index (κ2) is 14.8. The Morgan fingerprint density at radius 3 is 1.86 bits per heavy atom. The van der Waals surface area contributed by atoms with Gasteiger partial charge in [-0.25, -0.2) is 0 Å². The van der Waals surface area contributed by atoms with Crippen LogP contribution >= 0.6 is 0 Å². The van der Waals surface area contributed by atoms with E-state index in [9.17, 15) is 0 Å². The first-order valence-electron chi connectivity index (χ1n) is 9.11. The zero-order valence-electron chi connectivity index (χ0n) is 15.4. The quantitative estimate of drug-likeness (QED) is 0.483. The average Bonchev–Trinajstić information content (AvgIpc) is 2.56. The average molecular weight is 304 g/mol. The summed E-state index contributed by atoms with van der Waals surface area (Å²) < 4.78 is 0. The molecule has 0 bridgehead atoms. The monoisotopic (exact) mass is 303 g/mol. The number of benzene rings is 1. The Kier molecular flexibility index (Phi) is 14.1. The molecule has 1 rings (SSSR count). The summed E-state index contributed by atoms with van der Waals surface area (Å²) in [4.78, 5) is 2.68. The summed E-state index contributed by atoms with van der Waals surface area (Å²) in [5.41, 5.74) is 1.17. The van der Waals surface area contributed by atoms with E-state index in [-0.39, 0.29) is 0 Å². The molecule has 0 saturated carbocycles. The van der Waals surface area contributed by atoms with E-state index in [4.69, 9.17) is 0 Å². The molecule has 1 aromatic rings. The number of hydrogen-bond acceptors (Lipinski definition) is 1. The van der Waals surface area contributed by atoms with Gasteiger partial charge in [-0.15, -0.1) is 0 Å². The van der Waals surface area contributed by atoms with Gasteiger partial charge in [-0.1, -0.05) is 83.0 Å². The minimum Gasteiger partial charge on any atom is -0.301 e. The van der Waals surface area contributed by atoms with Gasteiger partial charge in [-0.2, -0.15) is 0 Å². The molecule has 1 nitrogen and oxygen atoms in total. The lowest BCUT2D eigenvalue weighted by molar-refractivity contribution is 0.193. The molecular weight excluding hydrogens is 266 g/mol. The summed E-state index contributed by atoms with van der Waals surface area (Å²) in [5, 5.41) is 0. The highest BCUT2D eigenvalue weighted by Crippen LogP contribution is 2.09. The first kappa shape index (κ1) is 20.9. The largest absolute Gasteiger partial charge is 0.301 e. The molecule has 0 aromatic heterocycles. The maximum absolute atomic E-state index is 3.63. The van der Waals surface area contributed by atoms with Crippen LogP contribution in [0, 0.1) is 0 Å². The minimum absolute atomic E-state index is 0.790. The Hall–Kier alpha value is -1.08. The van der Waals surface area contributed by atoms with E-state index in [1.807, 2.05) is 36.4 Å². The minimum atomic E-state index is 0.790. The van der Waals surface area contributed by atoms with Crippen LogP contribution in [0.4, 0.5) is 0 Å². The molecule has 22 heavy (non-hydrogen) atoms. The summed E-state index contributed by atoms with van der Waals surface area (Å²) in [7, 11) is 0. The molecule has 0 N–H and O–H groups in total. The molecule has 0 radical (unpaired) electrons. The van der Waals surface area contributed by atoms with Crippen LogP contribution in [0.25, 0.3) is 6.08 Å². The smallest absolute Gasteiger partial charge is 0.00668 e. The van der Waals surface area contributed by atoms with Crippen LogP contribution in [0.2, 0.25) is 0 Å². The van der Waals surface area contributed by atoms with E-state index < -0.39 is 0 Å². The van der Waals surface area contributed by atoms with E-state index >= 15 is 0 Å². The molecule has 0 saturated heterocycles. The number of rotatable bonds is 10. The van der Waals surface area contributed by atoms with Crippen molar-refractivity contribution in [1.29, 1.82) is 0 Å². The second-order valence-corrected chi connectivity index (χ2v) is 6.00. The molecule has 0 aliphatic carbocycles. The van der Waals surface area contributed by atoms with Gasteiger partial charge < -0.3 is 4.90 Å². The first-order chi connectivity index (χ1) is 10.7. The van der Waals surface area contributed by atoms with Crippen molar-refractivity contribution in [3.63, 3.8) is 0 Å². The van der Waals surface area contributed by atoms with Crippen LogP contribution in [-0.2, 0) is 0 Å². The molecule has 0 spiro atoms. The summed E-state index contributed by atoms with van der Waals surface area (Å²) in [6.07, 6.45) is 9.86. The fourth-order valence-electron chi connectivity index (χ4n) is 2.46. The fourth-order valence-corrected chi connectivity index (χ4v) is 2.46. The van der Waals surface area contributed by atoms with Crippen molar-refractivity contribution in [3.8, 4) is 0 Å². The third kappa shape index (κ3) is 10.6. The van der Waals surface area contributed by atoms with Crippen molar-refractivity contribution in [2.24, 2.45) is 0 Å². The summed E-state index contributed by atoms with van der Waals surface area (Å²) in [6, 6.07) is 10.8. The van der Waals surface area contributed by atoms with Crippen molar-refractivity contribution in [2.45, 2.75) is 72.3 Å². The highest BCUT2D eigenvalue weighted by atomic mass is 15.1. The van der Waals surface area contributed by atoms with Gasteiger partial charge in [0.15, 0.2) is 0 Å². The highest BCUT2D eigenvalue weighted by molar-refractivity contribution is 5.45. The Balaban J connectivity index is 0.000000461. The molecule has 126 valence electrons. The second-order valence-electron chi connectivity index (χ2n) is 6.00. The molecule has 1 heteroatoms. The van der Waals surface area contributed by atoms with E-state index in [0.717, 1.165) is 6.04 Å². The van der Waals surface area contributed by atoms with Gasteiger partial charge in [0, 0.05) is 6.04 Å². The molecule has 0 aliphatic rings. The third-order valence-corrected chi connectivity index (χ3v) is 3.96. The number of unbranched alkanes of at least 4 members (excludes halogenated alkanes) is 2. The topological polar surface area (TPSA) is 3.24 Å². The lowest BCUT2D eigenvalue weighted by Gasteiger charge is -2.28. The van der Waals surface area contributed by atoms with Crippen LogP contribution in [0.1, 0.15) is 71.8 Å². The van der Waals surface area contributed by atoms with Crippen molar-refractivity contribution < 1.29 is 0 Å². The van der Waals surface area contributed by atoms with E-state index in [2.05, 4.69) is 39.2 Å². The van der Waals surface area contributed by atoms with E-state index in [1.54, 1.807) is 0 Å². The zero-order chi connectivity index (χ0) is 16.6.